The van der Waals surface area contributed by atoms with Gasteiger partial charge >= 0.3 is 0 Å². The summed E-state index contributed by atoms with van der Waals surface area (Å²) in [6.07, 6.45) is 3.94. The van der Waals surface area contributed by atoms with Gasteiger partial charge in [0.1, 0.15) is 13.2 Å². The van der Waals surface area contributed by atoms with E-state index in [-0.39, 0.29) is 5.91 Å². The third kappa shape index (κ3) is 2.96. The van der Waals surface area contributed by atoms with Crippen LogP contribution in [0.25, 0.3) is 5.69 Å². The number of carbonyl (C=O) groups excluding carboxylic acids is 1. The van der Waals surface area contributed by atoms with E-state index in [2.05, 4.69) is 0 Å². The van der Waals surface area contributed by atoms with Crippen molar-refractivity contribution in [3.63, 3.8) is 0 Å². The van der Waals surface area contributed by atoms with Crippen molar-refractivity contribution in [2.24, 2.45) is 0 Å². The van der Waals surface area contributed by atoms with Gasteiger partial charge in [0, 0.05) is 42.4 Å². The molecule has 0 atom stereocenters. The highest BCUT2D eigenvalue weighted by atomic mass is 16.6. The van der Waals surface area contributed by atoms with E-state index in [0.29, 0.717) is 30.3 Å². The maximum atomic E-state index is 12.8. The number of amides is 1. The van der Waals surface area contributed by atoms with Crippen LogP contribution in [0.3, 0.4) is 0 Å². The van der Waals surface area contributed by atoms with Crippen LogP contribution < -0.4 is 14.4 Å². The molecule has 25 heavy (non-hydrogen) atoms. The minimum atomic E-state index is -0.0734. The molecule has 0 unspecified atom stereocenters. The molecule has 4 rings (SSSR count). The number of rotatable bonds is 3. The Balaban J connectivity index is 1.56. The number of hydrogen-bond donors (Lipinski definition) is 0. The number of fused-ring (bicyclic) bond motifs is 1. The quantitative estimate of drug-likeness (QED) is 0.736. The summed E-state index contributed by atoms with van der Waals surface area (Å²) < 4.78 is 13.1. The first-order valence-electron chi connectivity index (χ1n) is 8.13. The summed E-state index contributed by atoms with van der Waals surface area (Å²) in [7, 11) is 1.76. The van der Waals surface area contributed by atoms with Crippen LogP contribution in [0.4, 0.5) is 5.69 Å². The van der Waals surface area contributed by atoms with Crippen LogP contribution >= 0.6 is 0 Å². The molecular weight excluding hydrogens is 316 g/mol. The van der Waals surface area contributed by atoms with Gasteiger partial charge in [-0.1, -0.05) is 0 Å². The summed E-state index contributed by atoms with van der Waals surface area (Å²) in [5.74, 6) is 1.31. The summed E-state index contributed by atoms with van der Waals surface area (Å²) >= 11 is 0. The zero-order valence-electron chi connectivity index (χ0n) is 13.9. The fraction of sp³-hybridized carbons (Fsp3) is 0.150. The maximum Gasteiger partial charge on any atom is 0.258 e. The molecule has 1 aliphatic rings. The van der Waals surface area contributed by atoms with E-state index in [0.717, 1.165) is 11.4 Å². The number of hydrogen-bond acceptors (Lipinski definition) is 3. The van der Waals surface area contributed by atoms with E-state index in [9.17, 15) is 4.79 Å². The lowest BCUT2D eigenvalue weighted by Gasteiger charge is -2.22. The third-order valence-electron chi connectivity index (χ3n) is 4.23. The van der Waals surface area contributed by atoms with Crippen molar-refractivity contribution in [2.45, 2.75) is 0 Å². The first-order chi connectivity index (χ1) is 12.2. The first-order valence-corrected chi connectivity index (χ1v) is 8.13. The average Bonchev–Trinajstić information content (AvgIpc) is 3.21. The Bertz CT molecular complexity index is 886. The summed E-state index contributed by atoms with van der Waals surface area (Å²) in [6.45, 7) is 1.07. The molecule has 0 aliphatic carbocycles. The second-order valence-corrected chi connectivity index (χ2v) is 5.83. The molecule has 1 amide bonds. The molecule has 2 aromatic carbocycles. The molecule has 1 aromatic heterocycles. The normalized spacial score (nSPS) is 12.7. The van der Waals surface area contributed by atoms with Crippen molar-refractivity contribution in [1.29, 1.82) is 0 Å². The van der Waals surface area contributed by atoms with Crippen molar-refractivity contribution in [3.05, 3.63) is 72.6 Å². The second-order valence-electron chi connectivity index (χ2n) is 5.83. The number of aromatic nitrogens is 1. The van der Waals surface area contributed by atoms with Crippen molar-refractivity contribution in [2.75, 3.05) is 25.2 Å². The lowest BCUT2D eigenvalue weighted by atomic mass is 10.1. The second kappa shape index (κ2) is 6.36. The molecule has 3 aromatic rings. The lowest BCUT2D eigenvalue weighted by Crippen LogP contribution is -2.26. The van der Waals surface area contributed by atoms with Crippen LogP contribution in [-0.2, 0) is 0 Å². The van der Waals surface area contributed by atoms with Gasteiger partial charge in [-0.3, -0.25) is 4.79 Å². The zero-order chi connectivity index (χ0) is 17.2. The molecule has 0 radical (unpaired) electrons. The molecule has 0 saturated heterocycles. The predicted octanol–water partition coefficient (Wildman–Crippen LogP) is 3.53. The largest absolute Gasteiger partial charge is 0.486 e. The standard InChI is InChI=1S/C20H18N2O3/c1-21(17-8-9-18-19(14-17)25-13-12-24-18)20(23)15-4-6-16(7-5-15)22-10-2-3-11-22/h2-11,14H,12-13H2,1H3. The van der Waals surface area contributed by atoms with Crippen molar-refractivity contribution >= 4 is 11.6 Å². The molecule has 2 heterocycles. The first kappa shape index (κ1) is 15.3. The Morgan fingerprint density at radius 3 is 2.36 bits per heavy atom. The smallest absolute Gasteiger partial charge is 0.258 e. The molecule has 0 spiro atoms. The van der Waals surface area contributed by atoms with Crippen LogP contribution in [0.5, 0.6) is 11.5 Å². The number of benzene rings is 2. The molecule has 0 bridgehead atoms. The number of anilines is 1. The van der Waals surface area contributed by atoms with E-state index in [1.807, 2.05) is 71.6 Å². The van der Waals surface area contributed by atoms with Gasteiger partial charge in [0.25, 0.3) is 5.91 Å². The number of nitrogens with zero attached hydrogens (tertiary/aromatic N) is 2. The van der Waals surface area contributed by atoms with Crippen molar-refractivity contribution in [1.82, 2.24) is 4.57 Å². The average molecular weight is 334 g/mol. The van der Waals surface area contributed by atoms with Gasteiger partial charge in [-0.25, -0.2) is 0 Å². The third-order valence-corrected chi connectivity index (χ3v) is 4.23. The van der Waals surface area contributed by atoms with Crippen LogP contribution in [0.1, 0.15) is 10.4 Å². The van der Waals surface area contributed by atoms with Gasteiger partial charge in [-0.15, -0.1) is 0 Å². The van der Waals surface area contributed by atoms with E-state index >= 15 is 0 Å². The molecule has 0 N–H and O–H groups in total. The highest BCUT2D eigenvalue weighted by Gasteiger charge is 2.17. The summed E-state index contributed by atoms with van der Waals surface area (Å²) in [4.78, 5) is 14.4. The Morgan fingerprint density at radius 1 is 0.960 bits per heavy atom. The van der Waals surface area contributed by atoms with E-state index < -0.39 is 0 Å². The van der Waals surface area contributed by atoms with Gasteiger partial charge in [0.2, 0.25) is 0 Å². The lowest BCUT2D eigenvalue weighted by molar-refractivity contribution is 0.0993. The topological polar surface area (TPSA) is 43.7 Å². The number of ether oxygens (including phenoxy) is 2. The van der Waals surface area contributed by atoms with Crippen LogP contribution in [0.2, 0.25) is 0 Å². The zero-order valence-corrected chi connectivity index (χ0v) is 13.9. The summed E-state index contributed by atoms with van der Waals surface area (Å²) in [5, 5.41) is 0. The monoisotopic (exact) mass is 334 g/mol. The fourth-order valence-electron chi connectivity index (χ4n) is 2.83. The van der Waals surface area contributed by atoms with Crippen LogP contribution in [0.15, 0.2) is 67.0 Å². The van der Waals surface area contributed by atoms with Gasteiger partial charge in [0.15, 0.2) is 11.5 Å². The van der Waals surface area contributed by atoms with Crippen molar-refractivity contribution in [3.8, 4) is 17.2 Å². The van der Waals surface area contributed by atoms with Gasteiger partial charge in [0.05, 0.1) is 0 Å². The van der Waals surface area contributed by atoms with Gasteiger partial charge < -0.3 is 18.9 Å². The predicted molar refractivity (Wildman–Crippen MR) is 95.9 cm³/mol. The summed E-state index contributed by atoms with van der Waals surface area (Å²) in [6, 6.07) is 17.0. The molecule has 1 aliphatic heterocycles. The van der Waals surface area contributed by atoms with E-state index in [4.69, 9.17) is 9.47 Å². The molecule has 126 valence electrons. The highest BCUT2D eigenvalue weighted by Crippen LogP contribution is 2.34. The fourth-order valence-corrected chi connectivity index (χ4v) is 2.83. The van der Waals surface area contributed by atoms with E-state index in [1.165, 1.54) is 0 Å². The Morgan fingerprint density at radius 2 is 1.64 bits per heavy atom. The minimum absolute atomic E-state index is 0.0734. The summed E-state index contributed by atoms with van der Waals surface area (Å²) in [5.41, 5.74) is 2.42. The maximum absolute atomic E-state index is 12.8. The highest BCUT2D eigenvalue weighted by molar-refractivity contribution is 6.06. The minimum Gasteiger partial charge on any atom is -0.486 e. The molecule has 0 saturated carbocycles. The SMILES string of the molecule is CN(C(=O)c1ccc(-n2cccc2)cc1)c1ccc2c(c1)OCCO2. The Labute approximate surface area is 146 Å². The molecular formula is C20H18N2O3. The Kier molecular flexibility index (Phi) is 3.90. The van der Waals surface area contributed by atoms with Crippen molar-refractivity contribution < 1.29 is 14.3 Å². The Hall–Kier alpha value is -3.21. The van der Waals surface area contributed by atoms with Gasteiger partial charge in [-0.05, 0) is 48.5 Å². The van der Waals surface area contributed by atoms with Crippen LogP contribution in [-0.4, -0.2) is 30.7 Å². The van der Waals surface area contributed by atoms with E-state index in [1.54, 1.807) is 11.9 Å². The van der Waals surface area contributed by atoms with Gasteiger partial charge in [-0.2, -0.15) is 0 Å². The van der Waals surface area contributed by atoms with Crippen LogP contribution in [0, 0.1) is 0 Å². The molecule has 0 fully saturated rings. The molecule has 5 heteroatoms. The number of carbonyl (C=O) groups is 1. The molecule has 5 nitrogen and oxygen atoms in total.